The number of aromatic nitrogens is 1. The zero-order valence-electron chi connectivity index (χ0n) is 12.7. The smallest absolute Gasteiger partial charge is 0.0656 e. The number of H-pyrrole nitrogens is 1. The van der Waals surface area contributed by atoms with Gasteiger partial charge >= 0.3 is 0 Å². The lowest BCUT2D eigenvalue weighted by Crippen LogP contribution is -2.43. The van der Waals surface area contributed by atoms with Crippen molar-refractivity contribution in [3.05, 3.63) is 33.9 Å². The van der Waals surface area contributed by atoms with Crippen LogP contribution in [0.2, 0.25) is 0 Å². The van der Waals surface area contributed by atoms with Gasteiger partial charge < -0.3 is 9.88 Å². The fraction of sp³-hybridized carbons (Fsp3) is 0.529. The van der Waals surface area contributed by atoms with Gasteiger partial charge in [-0.2, -0.15) is 0 Å². The number of aromatic amines is 1. The van der Waals surface area contributed by atoms with Gasteiger partial charge in [0.15, 0.2) is 0 Å². The van der Waals surface area contributed by atoms with Crippen LogP contribution in [0, 0.1) is 0 Å². The van der Waals surface area contributed by atoms with Crippen molar-refractivity contribution in [1.29, 1.82) is 0 Å². The van der Waals surface area contributed by atoms with Crippen LogP contribution in [-0.2, 0) is 6.42 Å². The van der Waals surface area contributed by atoms with E-state index in [2.05, 4.69) is 63.0 Å². The first-order valence-corrected chi connectivity index (χ1v) is 8.65. The Bertz CT molecular complexity index is 678. The summed E-state index contributed by atoms with van der Waals surface area (Å²) in [5, 5.41) is 1.40. The van der Waals surface area contributed by atoms with E-state index < -0.39 is 0 Å². The van der Waals surface area contributed by atoms with Crippen molar-refractivity contribution in [2.75, 3.05) is 27.2 Å². The Morgan fingerprint density at radius 3 is 2.81 bits per heavy atom. The molecule has 21 heavy (non-hydrogen) atoms. The lowest BCUT2D eigenvalue weighted by atomic mass is 9.92. The Hall–Kier alpha value is -0.840. The number of nitrogens with one attached hydrogen (secondary N) is 1. The van der Waals surface area contributed by atoms with Gasteiger partial charge in [0.05, 0.1) is 6.04 Å². The van der Waals surface area contributed by atoms with Crippen LogP contribution in [0.1, 0.15) is 30.1 Å². The Balaban J connectivity index is 1.85. The molecule has 1 aromatic carbocycles. The van der Waals surface area contributed by atoms with Gasteiger partial charge in [0.1, 0.15) is 0 Å². The summed E-state index contributed by atoms with van der Waals surface area (Å²) in [5.74, 6) is 0. The molecule has 0 radical (unpaired) electrons. The Morgan fingerprint density at radius 1 is 1.19 bits per heavy atom. The van der Waals surface area contributed by atoms with Crippen molar-refractivity contribution >= 4 is 26.8 Å². The molecule has 0 aliphatic carbocycles. The van der Waals surface area contributed by atoms with Gasteiger partial charge in [0.25, 0.3) is 0 Å². The molecule has 2 unspecified atom stereocenters. The number of rotatable bonds is 1. The average Bonchev–Trinajstić information content (AvgIpc) is 3.02. The standard InChI is InChI=1S/C17H22BrN3/c1-20-8-3-4-15(20)17-16-12(7-9-21(17)2)13-10-11(18)5-6-14(13)19-16/h5-6,10,15,17,19H,3-4,7-9H2,1-2H3. The van der Waals surface area contributed by atoms with E-state index in [-0.39, 0.29) is 0 Å². The summed E-state index contributed by atoms with van der Waals surface area (Å²) >= 11 is 3.62. The lowest BCUT2D eigenvalue weighted by Gasteiger charge is -2.39. The third-order valence-electron chi connectivity index (χ3n) is 5.33. The highest BCUT2D eigenvalue weighted by molar-refractivity contribution is 9.10. The van der Waals surface area contributed by atoms with Gasteiger partial charge in [0, 0.05) is 33.7 Å². The molecule has 2 atom stereocenters. The van der Waals surface area contributed by atoms with E-state index in [4.69, 9.17) is 0 Å². The van der Waals surface area contributed by atoms with Crippen molar-refractivity contribution in [3.8, 4) is 0 Å². The van der Waals surface area contributed by atoms with Crippen LogP contribution in [-0.4, -0.2) is 48.0 Å². The molecule has 0 amide bonds. The molecule has 112 valence electrons. The SMILES string of the molecule is CN1CCCC1C1c2[nH]c3ccc(Br)cc3c2CCN1C. The van der Waals surface area contributed by atoms with Gasteiger partial charge in [-0.05, 0) is 63.7 Å². The largest absolute Gasteiger partial charge is 0.357 e. The molecule has 1 saturated heterocycles. The van der Waals surface area contributed by atoms with Gasteiger partial charge in [-0.15, -0.1) is 0 Å². The molecule has 1 fully saturated rings. The molecular formula is C17H22BrN3. The van der Waals surface area contributed by atoms with Gasteiger partial charge in [-0.25, -0.2) is 0 Å². The van der Waals surface area contributed by atoms with Gasteiger partial charge in [0.2, 0.25) is 0 Å². The maximum Gasteiger partial charge on any atom is 0.0656 e. The highest BCUT2D eigenvalue weighted by Crippen LogP contribution is 2.40. The lowest BCUT2D eigenvalue weighted by molar-refractivity contribution is 0.129. The van der Waals surface area contributed by atoms with E-state index in [9.17, 15) is 0 Å². The maximum atomic E-state index is 3.73. The monoisotopic (exact) mass is 347 g/mol. The van der Waals surface area contributed by atoms with Crippen LogP contribution in [0.25, 0.3) is 10.9 Å². The molecule has 3 nitrogen and oxygen atoms in total. The highest BCUT2D eigenvalue weighted by Gasteiger charge is 2.37. The first-order valence-electron chi connectivity index (χ1n) is 7.85. The predicted molar refractivity (Wildman–Crippen MR) is 90.7 cm³/mol. The van der Waals surface area contributed by atoms with Crippen molar-refractivity contribution in [2.45, 2.75) is 31.3 Å². The van der Waals surface area contributed by atoms with E-state index in [1.807, 2.05) is 0 Å². The number of hydrogen-bond acceptors (Lipinski definition) is 2. The molecule has 0 spiro atoms. The normalized spacial score (nSPS) is 27.4. The van der Waals surface area contributed by atoms with Crippen molar-refractivity contribution in [3.63, 3.8) is 0 Å². The number of nitrogens with zero attached hydrogens (tertiary/aromatic N) is 2. The summed E-state index contributed by atoms with van der Waals surface area (Å²) in [7, 11) is 4.56. The zero-order chi connectivity index (χ0) is 14.6. The van der Waals surface area contributed by atoms with Crippen molar-refractivity contribution in [1.82, 2.24) is 14.8 Å². The highest BCUT2D eigenvalue weighted by atomic mass is 79.9. The third kappa shape index (κ3) is 2.16. The minimum absolute atomic E-state index is 0.507. The minimum Gasteiger partial charge on any atom is -0.357 e. The molecule has 2 aliphatic rings. The fourth-order valence-electron chi connectivity index (χ4n) is 4.23. The first-order chi connectivity index (χ1) is 10.1. The van der Waals surface area contributed by atoms with Crippen molar-refractivity contribution in [2.24, 2.45) is 0 Å². The van der Waals surface area contributed by atoms with E-state index in [1.165, 1.54) is 46.0 Å². The molecule has 2 aromatic rings. The summed E-state index contributed by atoms with van der Waals surface area (Å²) in [6.07, 6.45) is 3.78. The first kappa shape index (κ1) is 13.8. The summed E-state index contributed by atoms with van der Waals surface area (Å²) in [4.78, 5) is 8.81. The Morgan fingerprint density at radius 2 is 2.05 bits per heavy atom. The molecule has 1 aromatic heterocycles. The second-order valence-electron chi connectivity index (χ2n) is 6.57. The number of hydrogen-bond donors (Lipinski definition) is 1. The van der Waals surface area contributed by atoms with E-state index in [0.29, 0.717) is 12.1 Å². The summed E-state index contributed by atoms with van der Waals surface area (Å²) < 4.78 is 1.17. The van der Waals surface area contributed by atoms with E-state index in [1.54, 1.807) is 0 Å². The molecule has 0 saturated carbocycles. The molecule has 2 aliphatic heterocycles. The molecule has 4 rings (SSSR count). The van der Waals surface area contributed by atoms with Crippen LogP contribution < -0.4 is 0 Å². The predicted octanol–water partition coefficient (Wildman–Crippen LogP) is 3.55. The molecule has 1 N–H and O–H groups in total. The maximum absolute atomic E-state index is 3.73. The van der Waals surface area contributed by atoms with Crippen LogP contribution >= 0.6 is 15.9 Å². The number of halogens is 1. The number of likely N-dealkylation sites (N-methyl/N-ethyl adjacent to an activating group) is 2. The van der Waals surface area contributed by atoms with E-state index >= 15 is 0 Å². The van der Waals surface area contributed by atoms with Crippen LogP contribution in [0.4, 0.5) is 0 Å². The molecule has 0 bridgehead atoms. The third-order valence-corrected chi connectivity index (χ3v) is 5.82. The average molecular weight is 348 g/mol. The number of benzene rings is 1. The Kier molecular flexibility index (Phi) is 3.36. The number of likely N-dealkylation sites (tertiary alicyclic amines) is 1. The minimum atomic E-state index is 0.507. The van der Waals surface area contributed by atoms with Crippen LogP contribution in [0.5, 0.6) is 0 Å². The topological polar surface area (TPSA) is 22.3 Å². The molecule has 3 heterocycles. The van der Waals surface area contributed by atoms with Crippen molar-refractivity contribution < 1.29 is 0 Å². The second-order valence-corrected chi connectivity index (χ2v) is 7.49. The molecule has 4 heteroatoms. The Labute approximate surface area is 134 Å². The van der Waals surface area contributed by atoms with Gasteiger partial charge in [-0.1, -0.05) is 15.9 Å². The second kappa shape index (κ2) is 5.11. The summed E-state index contributed by atoms with van der Waals surface area (Å²) in [6, 6.07) is 7.75. The fourth-order valence-corrected chi connectivity index (χ4v) is 4.59. The quantitative estimate of drug-likeness (QED) is 0.851. The van der Waals surface area contributed by atoms with Crippen LogP contribution in [0.3, 0.4) is 0 Å². The van der Waals surface area contributed by atoms with Gasteiger partial charge in [-0.3, -0.25) is 4.90 Å². The number of fused-ring (bicyclic) bond motifs is 3. The van der Waals surface area contributed by atoms with E-state index in [0.717, 1.165) is 13.0 Å². The van der Waals surface area contributed by atoms with Crippen LogP contribution in [0.15, 0.2) is 22.7 Å². The zero-order valence-corrected chi connectivity index (χ0v) is 14.3. The summed E-state index contributed by atoms with van der Waals surface area (Å²) in [6.45, 7) is 2.39. The molecular weight excluding hydrogens is 326 g/mol. The summed E-state index contributed by atoms with van der Waals surface area (Å²) in [5.41, 5.74) is 4.27.